The Morgan fingerprint density at radius 2 is 1.84 bits per heavy atom. The molecule has 0 amide bonds. The summed E-state index contributed by atoms with van der Waals surface area (Å²) in [7, 11) is 0. The summed E-state index contributed by atoms with van der Waals surface area (Å²) in [4.78, 5) is 19.4. The van der Waals surface area contributed by atoms with Crippen LogP contribution in [0.4, 0.5) is 5.69 Å². The van der Waals surface area contributed by atoms with Crippen molar-refractivity contribution in [1.29, 1.82) is 0 Å². The van der Waals surface area contributed by atoms with Gasteiger partial charge in [-0.15, -0.1) is 6.58 Å². The highest BCUT2D eigenvalue weighted by atomic mass is 16.5. The second kappa shape index (κ2) is 9.43. The zero-order chi connectivity index (χ0) is 22.7. The Morgan fingerprint density at radius 1 is 1.09 bits per heavy atom. The Balaban J connectivity index is 1.46. The van der Waals surface area contributed by atoms with Gasteiger partial charge in [0.05, 0.1) is 5.69 Å². The highest BCUT2D eigenvalue weighted by molar-refractivity contribution is 5.58. The highest BCUT2D eigenvalue weighted by Gasteiger charge is 2.22. The van der Waals surface area contributed by atoms with Gasteiger partial charge < -0.3 is 9.64 Å². The average molecular weight is 430 g/mol. The zero-order valence-corrected chi connectivity index (χ0v) is 19.2. The van der Waals surface area contributed by atoms with Gasteiger partial charge in [0.25, 0.3) is 5.56 Å². The van der Waals surface area contributed by atoms with Crippen LogP contribution in [0.3, 0.4) is 0 Å². The van der Waals surface area contributed by atoms with E-state index >= 15 is 0 Å². The normalized spacial score (nSPS) is 14.4. The molecule has 3 aromatic rings. The number of anilines is 1. The van der Waals surface area contributed by atoms with Gasteiger partial charge in [-0.1, -0.05) is 24.3 Å². The Morgan fingerprint density at radius 3 is 2.53 bits per heavy atom. The van der Waals surface area contributed by atoms with Gasteiger partial charge in [0.1, 0.15) is 17.7 Å². The van der Waals surface area contributed by atoms with E-state index in [0.717, 1.165) is 55.0 Å². The Kier molecular flexibility index (Phi) is 6.45. The summed E-state index contributed by atoms with van der Waals surface area (Å²) in [6, 6.07) is 16.0. The number of aryl methyl sites for hydroxylation is 3. The van der Waals surface area contributed by atoms with Gasteiger partial charge in [-0.3, -0.25) is 9.36 Å². The van der Waals surface area contributed by atoms with Gasteiger partial charge in [-0.25, -0.2) is 4.98 Å². The molecule has 1 fully saturated rings. The van der Waals surface area contributed by atoms with Crippen molar-refractivity contribution in [1.82, 2.24) is 9.55 Å². The number of hydrogen-bond acceptors (Lipinski definition) is 4. The number of aromatic nitrogens is 2. The summed E-state index contributed by atoms with van der Waals surface area (Å²) in [6.45, 7) is 11.6. The molecule has 1 aliphatic heterocycles. The van der Waals surface area contributed by atoms with Crippen molar-refractivity contribution < 1.29 is 4.74 Å². The van der Waals surface area contributed by atoms with Crippen molar-refractivity contribution in [3.8, 4) is 11.4 Å². The number of benzene rings is 2. The Bertz CT molecular complexity index is 1170. The molecule has 1 aromatic heterocycles. The van der Waals surface area contributed by atoms with Crippen LogP contribution in [0.15, 0.2) is 66.0 Å². The van der Waals surface area contributed by atoms with Crippen LogP contribution in [-0.4, -0.2) is 28.7 Å². The van der Waals surface area contributed by atoms with Crippen LogP contribution in [0.1, 0.15) is 35.5 Å². The summed E-state index contributed by atoms with van der Waals surface area (Å²) in [6.07, 6.45) is 4.91. The smallest absolute Gasteiger partial charge is 0.258 e. The van der Waals surface area contributed by atoms with Crippen molar-refractivity contribution in [3.05, 3.63) is 94.2 Å². The van der Waals surface area contributed by atoms with Crippen molar-refractivity contribution in [2.75, 3.05) is 18.0 Å². The fourth-order valence-corrected chi connectivity index (χ4v) is 4.52. The predicted molar refractivity (Wildman–Crippen MR) is 130 cm³/mol. The topological polar surface area (TPSA) is 47.4 Å². The minimum atomic E-state index is -0.0446. The number of hydrogen-bond donors (Lipinski definition) is 0. The fourth-order valence-electron chi connectivity index (χ4n) is 4.52. The summed E-state index contributed by atoms with van der Waals surface area (Å²) in [5.41, 5.74) is 5.12. The summed E-state index contributed by atoms with van der Waals surface area (Å²) in [5.74, 6) is 1.68. The first-order valence-corrected chi connectivity index (χ1v) is 11.2. The number of rotatable bonds is 6. The summed E-state index contributed by atoms with van der Waals surface area (Å²) >= 11 is 0. The molecule has 4 rings (SSSR count). The SMILES string of the molecule is C=CCc1ccccc1OC1CCN(c2ccc(-n3c(C)nc(C)cc3=O)cc2C)CC1. The summed E-state index contributed by atoms with van der Waals surface area (Å²) < 4.78 is 8.02. The summed E-state index contributed by atoms with van der Waals surface area (Å²) in [5, 5.41) is 0. The molecule has 5 nitrogen and oxygen atoms in total. The Labute approximate surface area is 190 Å². The van der Waals surface area contributed by atoms with E-state index in [1.54, 1.807) is 10.6 Å². The van der Waals surface area contributed by atoms with E-state index in [9.17, 15) is 4.79 Å². The maximum absolute atomic E-state index is 12.5. The van der Waals surface area contributed by atoms with Crippen molar-refractivity contribution in [2.45, 2.75) is 46.1 Å². The van der Waals surface area contributed by atoms with E-state index in [2.05, 4.69) is 47.7 Å². The lowest BCUT2D eigenvalue weighted by atomic mass is 10.0. The molecule has 0 N–H and O–H groups in total. The molecule has 2 heterocycles. The first-order valence-electron chi connectivity index (χ1n) is 11.2. The van der Waals surface area contributed by atoms with Gasteiger partial charge in [-0.05, 0) is 62.6 Å². The lowest BCUT2D eigenvalue weighted by Gasteiger charge is -2.35. The molecule has 0 unspecified atom stereocenters. The number of nitrogens with zero attached hydrogens (tertiary/aromatic N) is 3. The van der Waals surface area contributed by atoms with Crippen LogP contribution in [0.2, 0.25) is 0 Å². The third-order valence-electron chi connectivity index (χ3n) is 6.07. The molecule has 2 aromatic carbocycles. The van der Waals surface area contributed by atoms with Crippen LogP contribution in [0, 0.1) is 20.8 Å². The van der Waals surface area contributed by atoms with Crippen LogP contribution in [-0.2, 0) is 6.42 Å². The van der Waals surface area contributed by atoms with Gasteiger partial charge in [-0.2, -0.15) is 0 Å². The molecule has 0 saturated carbocycles. The molecule has 0 spiro atoms. The maximum Gasteiger partial charge on any atom is 0.258 e. The zero-order valence-electron chi connectivity index (χ0n) is 19.2. The van der Waals surface area contributed by atoms with E-state index in [-0.39, 0.29) is 11.7 Å². The monoisotopic (exact) mass is 429 g/mol. The van der Waals surface area contributed by atoms with Crippen LogP contribution in [0.25, 0.3) is 5.69 Å². The quantitative estimate of drug-likeness (QED) is 0.521. The van der Waals surface area contributed by atoms with Gasteiger partial charge in [0, 0.05) is 43.4 Å². The average Bonchev–Trinajstić information content (AvgIpc) is 2.75. The lowest BCUT2D eigenvalue weighted by molar-refractivity contribution is 0.169. The van der Waals surface area contributed by atoms with E-state index in [0.29, 0.717) is 5.82 Å². The predicted octanol–water partition coefficient (Wildman–Crippen LogP) is 4.93. The molecule has 0 bridgehead atoms. The largest absolute Gasteiger partial charge is 0.490 e. The fraction of sp³-hybridized carbons (Fsp3) is 0.333. The Hall–Kier alpha value is -3.34. The van der Waals surface area contributed by atoms with Crippen LogP contribution in [0.5, 0.6) is 5.75 Å². The van der Waals surface area contributed by atoms with Gasteiger partial charge in [0.2, 0.25) is 0 Å². The van der Waals surface area contributed by atoms with Crippen LogP contribution >= 0.6 is 0 Å². The minimum Gasteiger partial charge on any atom is -0.490 e. The number of para-hydroxylation sites is 1. The van der Waals surface area contributed by atoms with E-state index in [1.165, 1.54) is 11.3 Å². The van der Waals surface area contributed by atoms with Crippen LogP contribution < -0.4 is 15.2 Å². The molecule has 0 aliphatic carbocycles. The molecule has 1 saturated heterocycles. The van der Waals surface area contributed by atoms with E-state index in [4.69, 9.17) is 4.74 Å². The van der Waals surface area contributed by atoms with Crippen molar-refractivity contribution in [2.24, 2.45) is 0 Å². The van der Waals surface area contributed by atoms with Crippen molar-refractivity contribution in [3.63, 3.8) is 0 Å². The first kappa shape index (κ1) is 21.9. The second-order valence-electron chi connectivity index (χ2n) is 8.49. The third-order valence-corrected chi connectivity index (χ3v) is 6.07. The third kappa shape index (κ3) is 4.62. The first-order chi connectivity index (χ1) is 15.5. The molecule has 0 radical (unpaired) electrons. The molecule has 0 atom stereocenters. The minimum absolute atomic E-state index is 0.0446. The number of allylic oxidation sites excluding steroid dienone is 1. The van der Waals surface area contributed by atoms with Gasteiger partial charge in [0.15, 0.2) is 0 Å². The molecule has 1 aliphatic rings. The molecular formula is C27H31N3O2. The van der Waals surface area contributed by atoms with Crippen molar-refractivity contribution >= 4 is 5.69 Å². The maximum atomic E-state index is 12.5. The number of piperidine rings is 1. The van der Waals surface area contributed by atoms with Gasteiger partial charge >= 0.3 is 0 Å². The number of ether oxygens (including phenoxy) is 1. The lowest BCUT2D eigenvalue weighted by Crippen LogP contribution is -2.38. The standard InChI is InChI=1S/C27H31N3O2/c1-5-8-22-9-6-7-10-26(22)32-24-13-15-29(16-14-24)25-12-11-23(17-19(25)2)30-21(4)28-20(3)18-27(30)31/h5-7,9-12,17-18,24H,1,8,13-16H2,2-4H3. The van der Waals surface area contributed by atoms with E-state index < -0.39 is 0 Å². The second-order valence-corrected chi connectivity index (χ2v) is 8.49. The molecular weight excluding hydrogens is 398 g/mol. The molecule has 166 valence electrons. The molecule has 5 heteroatoms. The molecule has 32 heavy (non-hydrogen) atoms. The van der Waals surface area contributed by atoms with E-state index in [1.807, 2.05) is 38.1 Å². The highest BCUT2D eigenvalue weighted by Crippen LogP contribution is 2.28.